The lowest BCUT2D eigenvalue weighted by molar-refractivity contribution is -0.0121. The monoisotopic (exact) mass is 539 g/mol. The van der Waals surface area contributed by atoms with Crippen molar-refractivity contribution in [2.75, 3.05) is 0 Å². The second kappa shape index (κ2) is 30.8. The summed E-state index contributed by atoms with van der Waals surface area (Å²) in [7, 11) is 0. The minimum atomic E-state index is -0.395. The van der Waals surface area contributed by atoms with E-state index in [4.69, 9.17) is 9.47 Å². The molecule has 0 aromatic heterocycles. The van der Waals surface area contributed by atoms with Gasteiger partial charge in [0.2, 0.25) is 0 Å². The highest BCUT2D eigenvalue weighted by Gasteiger charge is 2.20. The zero-order valence-electron chi connectivity index (χ0n) is 26.7. The number of hydrogen-bond acceptors (Lipinski definition) is 3. The van der Waals surface area contributed by atoms with Crippen molar-refractivity contribution in [3.05, 3.63) is 0 Å². The van der Waals surface area contributed by atoms with E-state index >= 15 is 0 Å². The fourth-order valence-corrected chi connectivity index (χ4v) is 5.43. The van der Waals surface area contributed by atoms with Gasteiger partial charge in [-0.1, -0.05) is 156 Å². The van der Waals surface area contributed by atoms with Gasteiger partial charge in [-0.25, -0.2) is 4.79 Å². The molecule has 38 heavy (non-hydrogen) atoms. The molecular weight excluding hydrogens is 468 g/mol. The standard InChI is InChI=1S/C35H70O3/c1-5-9-13-17-21-25-29-33(30-26-22-18-14-10-6-2)37-35(36)38-34(31-27-23-19-15-11-7-3)32-28-24-20-16-12-8-4/h33-34H,5-32H2,1-4H3. The average molecular weight is 539 g/mol. The Kier molecular flexibility index (Phi) is 30.2. The number of rotatable bonds is 30. The van der Waals surface area contributed by atoms with Crippen molar-refractivity contribution >= 4 is 6.16 Å². The van der Waals surface area contributed by atoms with Gasteiger partial charge >= 0.3 is 6.16 Å². The molecule has 0 aliphatic heterocycles. The highest BCUT2D eigenvalue weighted by molar-refractivity contribution is 5.60. The second-order valence-electron chi connectivity index (χ2n) is 12.0. The van der Waals surface area contributed by atoms with Gasteiger partial charge < -0.3 is 9.47 Å². The summed E-state index contributed by atoms with van der Waals surface area (Å²) >= 11 is 0. The SMILES string of the molecule is CCCCCCCCC(CCCCCCCC)OC(=O)OC(CCCCCCCC)CCCCCCCC. The van der Waals surface area contributed by atoms with Crippen LogP contribution in [-0.2, 0) is 9.47 Å². The van der Waals surface area contributed by atoms with Gasteiger partial charge in [-0.05, 0) is 51.4 Å². The maximum atomic E-state index is 12.9. The van der Waals surface area contributed by atoms with E-state index < -0.39 is 6.16 Å². The molecule has 3 nitrogen and oxygen atoms in total. The minimum Gasteiger partial charge on any atom is -0.431 e. The van der Waals surface area contributed by atoms with Crippen LogP contribution in [0.5, 0.6) is 0 Å². The van der Waals surface area contributed by atoms with E-state index in [1.807, 2.05) is 0 Å². The predicted octanol–water partition coefficient (Wildman–Crippen LogP) is 12.9. The molecule has 0 aromatic rings. The molecule has 3 heteroatoms. The highest BCUT2D eigenvalue weighted by atomic mass is 16.7. The molecule has 0 spiro atoms. The molecule has 0 rings (SSSR count). The number of hydrogen-bond donors (Lipinski definition) is 0. The molecule has 0 atom stereocenters. The van der Waals surface area contributed by atoms with Crippen LogP contribution in [0.2, 0.25) is 0 Å². The number of carbonyl (C=O) groups is 1. The van der Waals surface area contributed by atoms with Crippen molar-refractivity contribution in [2.24, 2.45) is 0 Å². The van der Waals surface area contributed by atoms with Crippen LogP contribution < -0.4 is 0 Å². The van der Waals surface area contributed by atoms with Gasteiger partial charge in [0.15, 0.2) is 0 Å². The predicted molar refractivity (Wildman–Crippen MR) is 167 cm³/mol. The van der Waals surface area contributed by atoms with Crippen LogP contribution in [0.15, 0.2) is 0 Å². The van der Waals surface area contributed by atoms with Crippen LogP contribution in [0.25, 0.3) is 0 Å². The lowest BCUT2D eigenvalue weighted by atomic mass is 10.0. The van der Waals surface area contributed by atoms with Crippen molar-refractivity contribution in [1.82, 2.24) is 0 Å². The van der Waals surface area contributed by atoms with Crippen LogP contribution in [0.3, 0.4) is 0 Å². The van der Waals surface area contributed by atoms with E-state index in [0.717, 1.165) is 51.4 Å². The van der Waals surface area contributed by atoms with Gasteiger partial charge in [0, 0.05) is 0 Å². The normalized spacial score (nSPS) is 11.5. The van der Waals surface area contributed by atoms with Crippen LogP contribution in [0.4, 0.5) is 4.79 Å². The molecule has 0 bridgehead atoms. The molecule has 0 amide bonds. The van der Waals surface area contributed by atoms with Gasteiger partial charge in [-0.2, -0.15) is 0 Å². The van der Waals surface area contributed by atoms with Crippen LogP contribution >= 0.6 is 0 Å². The van der Waals surface area contributed by atoms with Crippen molar-refractivity contribution in [1.29, 1.82) is 0 Å². The molecule has 0 unspecified atom stereocenters. The maximum absolute atomic E-state index is 12.9. The molecule has 0 N–H and O–H groups in total. The topological polar surface area (TPSA) is 35.5 Å². The Morgan fingerprint density at radius 3 is 0.816 bits per heavy atom. The molecule has 0 saturated heterocycles. The van der Waals surface area contributed by atoms with Gasteiger partial charge in [0.05, 0.1) is 0 Å². The maximum Gasteiger partial charge on any atom is 0.508 e. The Hall–Kier alpha value is -0.730. The molecule has 228 valence electrons. The smallest absolute Gasteiger partial charge is 0.431 e. The zero-order valence-corrected chi connectivity index (χ0v) is 26.7. The van der Waals surface area contributed by atoms with Crippen molar-refractivity contribution in [2.45, 2.75) is 220 Å². The molecule has 0 heterocycles. The number of unbranched alkanes of at least 4 members (excludes halogenated alkanes) is 20. The summed E-state index contributed by atoms with van der Waals surface area (Å²) in [4.78, 5) is 12.9. The van der Waals surface area contributed by atoms with Gasteiger partial charge in [0.25, 0.3) is 0 Å². The van der Waals surface area contributed by atoms with Crippen molar-refractivity contribution in [3.63, 3.8) is 0 Å². The number of ether oxygens (including phenoxy) is 2. The summed E-state index contributed by atoms with van der Waals surface area (Å²) in [6, 6.07) is 0. The minimum absolute atomic E-state index is 0.0311. The third-order valence-corrected chi connectivity index (χ3v) is 8.04. The largest absolute Gasteiger partial charge is 0.508 e. The highest BCUT2D eigenvalue weighted by Crippen LogP contribution is 2.21. The average Bonchev–Trinajstić information content (AvgIpc) is 2.91. The van der Waals surface area contributed by atoms with E-state index in [1.165, 1.54) is 128 Å². The van der Waals surface area contributed by atoms with Gasteiger partial charge in [-0.3, -0.25) is 0 Å². The first-order valence-electron chi connectivity index (χ1n) is 17.5. The van der Waals surface area contributed by atoms with Crippen molar-refractivity contribution in [3.8, 4) is 0 Å². The van der Waals surface area contributed by atoms with Crippen LogP contribution in [-0.4, -0.2) is 18.4 Å². The quantitative estimate of drug-likeness (QED) is 0.0673. The molecule has 0 aliphatic rings. The first kappa shape index (κ1) is 37.3. The fourth-order valence-electron chi connectivity index (χ4n) is 5.43. The Bertz CT molecular complexity index is 392. The van der Waals surface area contributed by atoms with E-state index in [0.29, 0.717) is 0 Å². The third-order valence-electron chi connectivity index (χ3n) is 8.04. The van der Waals surface area contributed by atoms with E-state index in [-0.39, 0.29) is 12.2 Å². The fraction of sp³-hybridized carbons (Fsp3) is 0.971. The Labute approximate surface area is 240 Å². The number of carbonyl (C=O) groups excluding carboxylic acids is 1. The summed E-state index contributed by atoms with van der Waals surface area (Å²) in [6.45, 7) is 9.06. The van der Waals surface area contributed by atoms with E-state index in [9.17, 15) is 4.79 Å². The first-order valence-corrected chi connectivity index (χ1v) is 17.5. The molecule has 0 aliphatic carbocycles. The van der Waals surface area contributed by atoms with Gasteiger partial charge in [0.1, 0.15) is 12.2 Å². The summed E-state index contributed by atoms with van der Waals surface area (Å²) in [6.07, 6.45) is 34.4. The van der Waals surface area contributed by atoms with Gasteiger partial charge in [-0.15, -0.1) is 0 Å². The first-order chi connectivity index (χ1) is 18.7. The Balaban J connectivity index is 4.64. The van der Waals surface area contributed by atoms with E-state index in [2.05, 4.69) is 27.7 Å². The van der Waals surface area contributed by atoms with Crippen LogP contribution in [0.1, 0.15) is 207 Å². The summed E-state index contributed by atoms with van der Waals surface area (Å²) < 4.78 is 12.0. The molecule has 0 saturated carbocycles. The molecular formula is C35H70O3. The third kappa shape index (κ3) is 26.9. The summed E-state index contributed by atoms with van der Waals surface area (Å²) in [5.74, 6) is 0. The molecule has 0 fully saturated rings. The lowest BCUT2D eigenvalue weighted by Crippen LogP contribution is -2.24. The summed E-state index contributed by atoms with van der Waals surface area (Å²) in [5.41, 5.74) is 0. The second-order valence-corrected chi connectivity index (χ2v) is 12.0. The Morgan fingerprint density at radius 2 is 0.579 bits per heavy atom. The van der Waals surface area contributed by atoms with Crippen LogP contribution in [0, 0.1) is 0 Å². The molecule has 0 aromatic carbocycles. The molecule has 0 radical (unpaired) electrons. The zero-order chi connectivity index (χ0) is 27.9. The van der Waals surface area contributed by atoms with E-state index in [1.54, 1.807) is 0 Å². The summed E-state index contributed by atoms with van der Waals surface area (Å²) in [5, 5.41) is 0. The van der Waals surface area contributed by atoms with Crippen molar-refractivity contribution < 1.29 is 14.3 Å². The lowest BCUT2D eigenvalue weighted by Gasteiger charge is -2.22. The Morgan fingerprint density at radius 1 is 0.368 bits per heavy atom.